The van der Waals surface area contributed by atoms with Crippen LogP contribution in [0.1, 0.15) is 24.5 Å². The molecule has 0 amide bonds. The van der Waals surface area contributed by atoms with Crippen LogP contribution in [0.2, 0.25) is 0 Å². The molecule has 1 unspecified atom stereocenters. The van der Waals surface area contributed by atoms with Crippen molar-refractivity contribution in [3.8, 4) is 0 Å². The van der Waals surface area contributed by atoms with Gasteiger partial charge in [-0.1, -0.05) is 37.3 Å². The van der Waals surface area contributed by atoms with E-state index in [-0.39, 0.29) is 22.5 Å². The average molecular weight is 416 g/mol. The third kappa shape index (κ3) is 5.94. The Bertz CT molecular complexity index is 925. The minimum atomic E-state index is -0.968. The number of aryl methyl sites for hydroxylation is 1. The Hall–Kier alpha value is -2.60. The second kappa shape index (κ2) is 9.74. The van der Waals surface area contributed by atoms with E-state index >= 15 is 0 Å². The minimum absolute atomic E-state index is 0.143. The molecule has 1 aliphatic rings. The maximum Gasteiger partial charge on any atom is 0.338 e. The molecule has 0 saturated carbocycles. The van der Waals surface area contributed by atoms with Gasteiger partial charge in [0.2, 0.25) is 0 Å². The van der Waals surface area contributed by atoms with Crippen molar-refractivity contribution < 1.29 is 18.7 Å². The quantitative estimate of drug-likeness (QED) is 0.628. The van der Waals surface area contributed by atoms with Crippen LogP contribution in [-0.4, -0.2) is 27.8 Å². The smallest absolute Gasteiger partial charge is 0.338 e. The van der Waals surface area contributed by atoms with Gasteiger partial charge in [0, 0.05) is 18.3 Å². The Balaban J connectivity index is 1.72. The molecule has 0 saturated heterocycles. The van der Waals surface area contributed by atoms with Gasteiger partial charge in [0.05, 0.1) is 10.6 Å². The van der Waals surface area contributed by atoms with Crippen molar-refractivity contribution in [2.45, 2.75) is 31.6 Å². The number of rotatable bonds is 8. The summed E-state index contributed by atoms with van der Waals surface area (Å²) in [5.41, 5.74) is 2.11. The largest absolute Gasteiger partial charge is 0.478 e. The number of carboxylic acids is 1. The summed E-state index contributed by atoms with van der Waals surface area (Å²) in [6.07, 6.45) is 4.98. The van der Waals surface area contributed by atoms with Crippen LogP contribution < -0.4 is 0 Å². The second-order valence-electron chi connectivity index (χ2n) is 7.03. The Labute approximate surface area is 173 Å². The van der Waals surface area contributed by atoms with Crippen LogP contribution in [0, 0.1) is 11.6 Å². The first-order chi connectivity index (χ1) is 13.9. The molecule has 1 heterocycles. The summed E-state index contributed by atoms with van der Waals surface area (Å²) < 4.78 is 26.6. The molecule has 1 N–H and O–H groups in total. The predicted molar refractivity (Wildman–Crippen MR) is 112 cm³/mol. The number of hydrogen-bond donors (Lipinski definition) is 1. The molecule has 3 rings (SSSR count). The molecule has 3 nitrogen and oxygen atoms in total. The van der Waals surface area contributed by atoms with Crippen LogP contribution in [0.4, 0.5) is 8.78 Å². The van der Waals surface area contributed by atoms with E-state index in [0.29, 0.717) is 18.1 Å². The minimum Gasteiger partial charge on any atom is -0.478 e. The van der Waals surface area contributed by atoms with E-state index in [1.165, 1.54) is 36.0 Å². The van der Waals surface area contributed by atoms with Gasteiger partial charge in [0.25, 0.3) is 0 Å². The Kier molecular flexibility index (Phi) is 7.09. The zero-order valence-corrected chi connectivity index (χ0v) is 17.0. The number of carbonyl (C=O) groups is 1. The molecule has 2 aromatic carbocycles. The highest BCUT2D eigenvalue weighted by Gasteiger charge is 2.23. The normalized spacial score (nSPS) is 14.9. The van der Waals surface area contributed by atoms with E-state index < -0.39 is 5.97 Å². The lowest BCUT2D eigenvalue weighted by molar-refractivity contribution is -0.132. The van der Waals surface area contributed by atoms with Crippen LogP contribution in [0.25, 0.3) is 0 Å². The SMILES string of the molecule is CC(CCc1cccc(F)c1)SC1=C(C(=O)O)C=CCN1Cc1ccc(F)cc1. The predicted octanol–water partition coefficient (Wildman–Crippen LogP) is 5.39. The van der Waals surface area contributed by atoms with E-state index in [1.54, 1.807) is 24.3 Å². The molecular weight excluding hydrogens is 392 g/mol. The van der Waals surface area contributed by atoms with Crippen molar-refractivity contribution in [2.24, 2.45) is 0 Å². The number of halogens is 2. The van der Waals surface area contributed by atoms with Gasteiger partial charge >= 0.3 is 5.97 Å². The number of carboxylic acid groups (broad SMARTS) is 1. The highest BCUT2D eigenvalue weighted by molar-refractivity contribution is 8.03. The van der Waals surface area contributed by atoms with Crippen LogP contribution >= 0.6 is 11.8 Å². The van der Waals surface area contributed by atoms with E-state index in [4.69, 9.17) is 0 Å². The number of benzene rings is 2. The number of aliphatic carboxylic acids is 1. The van der Waals surface area contributed by atoms with Crippen molar-refractivity contribution >= 4 is 17.7 Å². The van der Waals surface area contributed by atoms with Gasteiger partial charge < -0.3 is 10.0 Å². The number of hydrogen-bond acceptors (Lipinski definition) is 3. The number of thioether (sulfide) groups is 1. The van der Waals surface area contributed by atoms with Gasteiger partial charge in [-0.25, -0.2) is 13.6 Å². The van der Waals surface area contributed by atoms with Crippen molar-refractivity contribution in [1.82, 2.24) is 4.90 Å². The van der Waals surface area contributed by atoms with Crippen molar-refractivity contribution in [3.05, 3.63) is 94.0 Å². The molecule has 0 radical (unpaired) electrons. The van der Waals surface area contributed by atoms with E-state index in [0.717, 1.165) is 24.0 Å². The standard InChI is InChI=1S/C23H23F2NO2S/c1-16(7-8-17-4-2-5-20(25)14-17)29-22-21(23(27)28)6-3-13-26(22)15-18-9-11-19(24)12-10-18/h2-6,9-12,14,16H,7-8,13,15H2,1H3,(H,27,28). The van der Waals surface area contributed by atoms with Crippen molar-refractivity contribution in [1.29, 1.82) is 0 Å². The first-order valence-electron chi connectivity index (χ1n) is 9.47. The Morgan fingerprint density at radius 1 is 1.14 bits per heavy atom. The summed E-state index contributed by atoms with van der Waals surface area (Å²) in [7, 11) is 0. The maximum absolute atomic E-state index is 13.4. The maximum atomic E-state index is 13.4. The molecule has 0 aliphatic carbocycles. The van der Waals surface area contributed by atoms with Gasteiger partial charge in [-0.3, -0.25) is 0 Å². The lowest BCUT2D eigenvalue weighted by Crippen LogP contribution is -2.27. The molecule has 0 fully saturated rings. The van der Waals surface area contributed by atoms with Crippen LogP contribution in [0.5, 0.6) is 0 Å². The van der Waals surface area contributed by atoms with Gasteiger partial charge in [0.1, 0.15) is 11.6 Å². The van der Waals surface area contributed by atoms with Crippen molar-refractivity contribution in [2.75, 3.05) is 6.54 Å². The monoisotopic (exact) mass is 415 g/mol. The molecule has 0 bridgehead atoms. The first-order valence-corrected chi connectivity index (χ1v) is 10.3. The third-order valence-electron chi connectivity index (χ3n) is 4.69. The summed E-state index contributed by atoms with van der Waals surface area (Å²) in [4.78, 5) is 13.8. The Morgan fingerprint density at radius 2 is 1.90 bits per heavy atom. The molecule has 1 aliphatic heterocycles. The van der Waals surface area contributed by atoms with Gasteiger partial charge in [-0.15, -0.1) is 11.8 Å². The lowest BCUT2D eigenvalue weighted by atomic mass is 10.1. The summed E-state index contributed by atoms with van der Waals surface area (Å²) in [5, 5.41) is 10.5. The van der Waals surface area contributed by atoms with Gasteiger partial charge in [0.15, 0.2) is 0 Å². The molecular formula is C23H23F2NO2S. The fourth-order valence-corrected chi connectivity index (χ4v) is 4.37. The highest BCUT2D eigenvalue weighted by Crippen LogP contribution is 2.34. The first kappa shape index (κ1) is 21.1. The second-order valence-corrected chi connectivity index (χ2v) is 8.46. The number of nitrogens with zero attached hydrogens (tertiary/aromatic N) is 1. The lowest BCUT2D eigenvalue weighted by Gasteiger charge is -2.31. The molecule has 152 valence electrons. The van der Waals surface area contributed by atoms with Crippen LogP contribution in [0.3, 0.4) is 0 Å². The average Bonchev–Trinajstić information content (AvgIpc) is 2.69. The molecule has 0 aromatic heterocycles. The fraction of sp³-hybridized carbons (Fsp3) is 0.261. The molecule has 6 heteroatoms. The van der Waals surface area contributed by atoms with E-state index in [1.807, 2.05) is 24.0 Å². The Morgan fingerprint density at radius 3 is 2.59 bits per heavy atom. The van der Waals surface area contributed by atoms with Crippen molar-refractivity contribution in [3.63, 3.8) is 0 Å². The molecule has 2 aromatic rings. The zero-order valence-electron chi connectivity index (χ0n) is 16.1. The summed E-state index contributed by atoms with van der Waals surface area (Å²) in [6, 6.07) is 12.8. The summed E-state index contributed by atoms with van der Waals surface area (Å²) in [5.74, 6) is -1.51. The van der Waals surface area contributed by atoms with E-state index in [2.05, 4.69) is 0 Å². The van der Waals surface area contributed by atoms with E-state index in [9.17, 15) is 18.7 Å². The highest BCUT2D eigenvalue weighted by atomic mass is 32.2. The topological polar surface area (TPSA) is 40.5 Å². The third-order valence-corrected chi connectivity index (χ3v) is 6.03. The van der Waals surface area contributed by atoms with Crippen LogP contribution in [0.15, 0.2) is 71.3 Å². The van der Waals surface area contributed by atoms with Gasteiger partial charge in [-0.05, 0) is 54.3 Å². The zero-order chi connectivity index (χ0) is 20.8. The molecule has 29 heavy (non-hydrogen) atoms. The van der Waals surface area contributed by atoms with Gasteiger partial charge in [-0.2, -0.15) is 0 Å². The summed E-state index contributed by atoms with van der Waals surface area (Å²) in [6.45, 7) is 3.14. The van der Waals surface area contributed by atoms with Crippen LogP contribution in [-0.2, 0) is 17.8 Å². The fourth-order valence-electron chi connectivity index (χ4n) is 3.18. The summed E-state index contributed by atoms with van der Waals surface area (Å²) >= 11 is 1.52. The molecule has 0 spiro atoms. The molecule has 1 atom stereocenters.